The van der Waals surface area contributed by atoms with Crippen LogP contribution in [-0.4, -0.2) is 67.9 Å². The highest BCUT2D eigenvalue weighted by atomic mass is 32.1. The van der Waals surface area contributed by atoms with Crippen molar-refractivity contribution in [2.45, 2.75) is 65.6 Å². The van der Waals surface area contributed by atoms with Gasteiger partial charge in [0.15, 0.2) is 0 Å². The molecule has 3 rings (SSSR count). The Kier molecular flexibility index (Phi) is 12.8. The van der Waals surface area contributed by atoms with E-state index in [2.05, 4.69) is 66.6 Å². The number of carbonyl (C=O) groups excluding carboxylic acids is 1. The third-order valence-corrected chi connectivity index (χ3v) is 7.25. The zero-order valence-electron chi connectivity index (χ0n) is 23.1. The van der Waals surface area contributed by atoms with Crippen LogP contribution in [0.1, 0.15) is 51.8 Å². The van der Waals surface area contributed by atoms with Gasteiger partial charge in [-0.2, -0.15) is 0 Å². The van der Waals surface area contributed by atoms with E-state index < -0.39 is 5.97 Å². The summed E-state index contributed by atoms with van der Waals surface area (Å²) in [6, 6.07) is 8.31. The van der Waals surface area contributed by atoms with E-state index in [-0.39, 0.29) is 31.1 Å². The van der Waals surface area contributed by atoms with Crippen molar-refractivity contribution in [2.75, 3.05) is 38.8 Å². The Balaban J connectivity index is 0.00000235. The van der Waals surface area contributed by atoms with E-state index in [1.165, 1.54) is 15.0 Å². The number of allylic oxidation sites excluding steroid dienone is 2. The van der Waals surface area contributed by atoms with Gasteiger partial charge in [-0.1, -0.05) is 52.0 Å². The largest absolute Gasteiger partial charge is 0.481 e. The molecule has 204 valence electrons. The minimum atomic E-state index is -0.847. The second-order valence-electron chi connectivity index (χ2n) is 8.81. The van der Waals surface area contributed by atoms with Gasteiger partial charge in [-0.05, 0) is 42.0 Å². The van der Waals surface area contributed by atoms with Crippen LogP contribution in [0.3, 0.4) is 0 Å². The van der Waals surface area contributed by atoms with E-state index >= 15 is 0 Å². The number of fused-ring (bicyclic) bond motifs is 1. The Morgan fingerprint density at radius 2 is 1.97 bits per heavy atom. The molecule has 1 amide bonds. The molecule has 0 radical (unpaired) electrons. The molecule has 0 saturated carbocycles. The summed E-state index contributed by atoms with van der Waals surface area (Å²) in [5, 5.41) is 13.4. The lowest BCUT2D eigenvalue weighted by atomic mass is 10.1. The van der Waals surface area contributed by atoms with Gasteiger partial charge in [0.2, 0.25) is 5.91 Å². The van der Waals surface area contributed by atoms with Crippen LogP contribution >= 0.6 is 11.3 Å². The van der Waals surface area contributed by atoms with Gasteiger partial charge in [-0.25, -0.2) is 0 Å². The van der Waals surface area contributed by atoms with Crippen LogP contribution in [-0.2, 0) is 20.7 Å². The Labute approximate surface area is 225 Å². The number of nitrogens with one attached hydrogen (secondary N) is 1. The number of hydrogen-bond acceptors (Lipinski definition) is 6. The SMILES string of the molecule is CC.CC/C=C\C(=C/CC)C1NC(Cc2cc3ccc(N(C)CCOCCC(=O)O)cc3s2)C(=O)N1C. The molecule has 1 aliphatic rings. The van der Waals surface area contributed by atoms with Crippen molar-refractivity contribution in [3.63, 3.8) is 0 Å². The number of likely N-dealkylation sites (N-methyl/N-ethyl adjacent to an activating group) is 2. The summed E-state index contributed by atoms with van der Waals surface area (Å²) in [6.07, 6.45) is 8.93. The molecule has 37 heavy (non-hydrogen) atoms. The first-order valence-corrected chi connectivity index (χ1v) is 14.1. The third-order valence-electron chi connectivity index (χ3n) is 6.13. The number of thiophene rings is 1. The number of carboxylic acid groups (broad SMARTS) is 1. The molecule has 2 N–H and O–H groups in total. The molecular formula is C29H43N3O4S. The highest BCUT2D eigenvalue weighted by molar-refractivity contribution is 7.19. The first-order valence-electron chi connectivity index (χ1n) is 13.3. The van der Waals surface area contributed by atoms with Gasteiger partial charge in [-0.3, -0.25) is 14.9 Å². The van der Waals surface area contributed by atoms with E-state index in [9.17, 15) is 9.59 Å². The fourth-order valence-corrected chi connectivity index (χ4v) is 5.32. The Morgan fingerprint density at radius 3 is 2.65 bits per heavy atom. The monoisotopic (exact) mass is 529 g/mol. The quantitative estimate of drug-likeness (QED) is 0.265. The molecule has 1 aromatic heterocycles. The molecule has 2 heterocycles. The molecule has 0 spiro atoms. The zero-order valence-corrected chi connectivity index (χ0v) is 23.9. The van der Waals surface area contributed by atoms with Crippen LogP contribution in [0.4, 0.5) is 5.69 Å². The van der Waals surface area contributed by atoms with E-state index in [1.54, 1.807) is 11.3 Å². The number of nitrogens with zero attached hydrogens (tertiary/aromatic N) is 2. The topological polar surface area (TPSA) is 82.1 Å². The maximum absolute atomic E-state index is 13.0. The molecule has 0 aliphatic carbocycles. The number of amides is 1. The summed E-state index contributed by atoms with van der Waals surface area (Å²) in [4.78, 5) is 28.7. The van der Waals surface area contributed by atoms with Crippen LogP contribution in [0.25, 0.3) is 10.1 Å². The lowest BCUT2D eigenvalue weighted by molar-refractivity contribution is -0.138. The summed E-state index contributed by atoms with van der Waals surface area (Å²) in [5.74, 6) is -0.720. The molecule has 7 nitrogen and oxygen atoms in total. The second kappa shape index (κ2) is 15.5. The van der Waals surface area contributed by atoms with Gasteiger partial charge >= 0.3 is 5.97 Å². The highest BCUT2D eigenvalue weighted by Gasteiger charge is 2.37. The minimum absolute atomic E-state index is 0.0220. The first kappa shape index (κ1) is 30.5. The molecule has 2 unspecified atom stereocenters. The zero-order chi connectivity index (χ0) is 27.4. The first-order chi connectivity index (χ1) is 17.8. The van der Waals surface area contributed by atoms with Crippen molar-refractivity contribution < 1.29 is 19.4 Å². The van der Waals surface area contributed by atoms with Crippen LogP contribution < -0.4 is 10.2 Å². The van der Waals surface area contributed by atoms with Crippen LogP contribution in [0, 0.1) is 0 Å². The van der Waals surface area contributed by atoms with E-state index in [0.29, 0.717) is 19.6 Å². The number of hydrogen-bond donors (Lipinski definition) is 2. The summed E-state index contributed by atoms with van der Waals surface area (Å²) in [7, 11) is 3.88. The molecule has 1 aromatic carbocycles. The van der Waals surface area contributed by atoms with Crippen molar-refractivity contribution in [2.24, 2.45) is 0 Å². The van der Waals surface area contributed by atoms with E-state index in [4.69, 9.17) is 9.84 Å². The van der Waals surface area contributed by atoms with Crippen molar-refractivity contribution in [1.82, 2.24) is 10.2 Å². The number of benzene rings is 1. The molecule has 1 aliphatic heterocycles. The predicted molar refractivity (Wildman–Crippen MR) is 155 cm³/mol. The van der Waals surface area contributed by atoms with Gasteiger partial charge in [0.25, 0.3) is 0 Å². The van der Waals surface area contributed by atoms with Gasteiger partial charge < -0.3 is 19.6 Å². The number of anilines is 1. The number of carboxylic acids is 1. The highest BCUT2D eigenvalue weighted by Crippen LogP contribution is 2.31. The summed E-state index contributed by atoms with van der Waals surface area (Å²) < 4.78 is 6.60. The normalized spacial score (nSPS) is 17.9. The van der Waals surface area contributed by atoms with Crippen molar-refractivity contribution in [3.05, 3.63) is 52.9 Å². The summed E-state index contributed by atoms with van der Waals surface area (Å²) in [6.45, 7) is 9.61. The van der Waals surface area contributed by atoms with Crippen molar-refractivity contribution in [3.8, 4) is 0 Å². The number of ether oxygens (including phenoxy) is 1. The van der Waals surface area contributed by atoms with Gasteiger partial charge in [0, 0.05) is 42.3 Å². The standard InChI is InChI=1S/C27H37N3O4S.C2H6/c1-5-7-9-19(8-6-2)26-28-23(27(33)30(26)4)18-22-16-20-10-11-21(17-24(20)35-22)29(3)13-15-34-14-12-25(31)32;1-2/h7-11,16-17,23,26,28H,5-6,12-15,18H2,1-4H3,(H,31,32);1-2H3/b9-7-,19-8+;. The molecule has 1 fully saturated rings. The molecule has 2 aromatic rings. The maximum Gasteiger partial charge on any atom is 0.305 e. The minimum Gasteiger partial charge on any atom is -0.481 e. The van der Waals surface area contributed by atoms with E-state index in [0.717, 1.165) is 24.1 Å². The van der Waals surface area contributed by atoms with Crippen molar-refractivity contribution >= 4 is 39.0 Å². The lowest BCUT2D eigenvalue weighted by Crippen LogP contribution is -2.36. The average molecular weight is 530 g/mol. The fraction of sp³-hybridized carbons (Fsp3) is 0.517. The third kappa shape index (κ3) is 8.69. The average Bonchev–Trinajstić information content (AvgIpc) is 3.42. The second-order valence-corrected chi connectivity index (χ2v) is 9.98. The van der Waals surface area contributed by atoms with E-state index in [1.807, 2.05) is 32.8 Å². The fourth-order valence-electron chi connectivity index (χ4n) is 4.18. The summed E-state index contributed by atoms with van der Waals surface area (Å²) in [5.41, 5.74) is 2.23. The van der Waals surface area contributed by atoms with Gasteiger partial charge in [0.05, 0.1) is 25.7 Å². The van der Waals surface area contributed by atoms with Gasteiger partial charge in [-0.15, -0.1) is 11.3 Å². The van der Waals surface area contributed by atoms with Crippen LogP contribution in [0.5, 0.6) is 0 Å². The predicted octanol–water partition coefficient (Wildman–Crippen LogP) is 5.46. The number of aliphatic carboxylic acids is 1. The lowest BCUT2D eigenvalue weighted by Gasteiger charge is -2.20. The van der Waals surface area contributed by atoms with Crippen molar-refractivity contribution in [1.29, 1.82) is 0 Å². The summed E-state index contributed by atoms with van der Waals surface area (Å²) >= 11 is 1.73. The smallest absolute Gasteiger partial charge is 0.305 e. The molecule has 2 atom stereocenters. The Morgan fingerprint density at radius 1 is 1.22 bits per heavy atom. The Hall–Kier alpha value is -2.68. The van der Waals surface area contributed by atoms with Crippen LogP contribution in [0.15, 0.2) is 48.1 Å². The maximum atomic E-state index is 13.0. The van der Waals surface area contributed by atoms with Gasteiger partial charge in [0.1, 0.15) is 6.17 Å². The number of carbonyl (C=O) groups is 2. The molecule has 8 heteroatoms. The molecular weight excluding hydrogens is 486 g/mol. The molecule has 1 saturated heterocycles. The number of rotatable bonds is 13. The Bertz CT molecular complexity index is 1080. The van der Waals surface area contributed by atoms with Crippen LogP contribution in [0.2, 0.25) is 0 Å². The molecule has 0 bridgehead atoms.